The summed E-state index contributed by atoms with van der Waals surface area (Å²) in [4.78, 5) is 17.8. The minimum atomic E-state index is -5.01. The van der Waals surface area contributed by atoms with Crippen LogP contribution in [0.25, 0.3) is 11.1 Å². The molecule has 1 heterocycles. The Hall–Kier alpha value is -5.36. The Labute approximate surface area is 387 Å². The van der Waals surface area contributed by atoms with E-state index >= 15 is 0 Å². The Morgan fingerprint density at radius 1 is 0.785 bits per heavy atom. The Morgan fingerprint density at radius 3 is 2.11 bits per heavy atom. The first-order valence-electron chi connectivity index (χ1n) is 20.6. The summed E-state index contributed by atoms with van der Waals surface area (Å²) in [5.74, 6) is -0.795. The number of carbonyl (C=O) groups is 1. The number of anilines is 2. The molecule has 1 aliphatic rings. The molecule has 1 aliphatic heterocycles. The minimum absolute atomic E-state index is 0.00877. The molecule has 2 N–H and O–H groups in total. The third-order valence-electron chi connectivity index (χ3n) is 10.8. The number of amides is 1. The third kappa shape index (κ3) is 12.7. The summed E-state index contributed by atoms with van der Waals surface area (Å²) in [6, 6.07) is 39.3. The highest BCUT2D eigenvalue weighted by molar-refractivity contribution is 7.99. The molecule has 340 valence electrons. The van der Waals surface area contributed by atoms with Crippen LogP contribution in [-0.2, 0) is 37.0 Å². The van der Waals surface area contributed by atoms with E-state index in [1.807, 2.05) is 71.5 Å². The van der Waals surface area contributed by atoms with Crippen LogP contribution < -0.4 is 14.9 Å². The van der Waals surface area contributed by atoms with E-state index in [9.17, 15) is 34.8 Å². The molecule has 1 atom stereocenters. The molecule has 1 fully saturated rings. The fourth-order valence-corrected chi connectivity index (χ4v) is 10.3. The number of thioether (sulfide) groups is 1. The van der Waals surface area contributed by atoms with Crippen molar-refractivity contribution in [1.82, 2.24) is 9.62 Å². The van der Waals surface area contributed by atoms with Crippen molar-refractivity contribution in [2.45, 2.75) is 46.8 Å². The Balaban J connectivity index is 0.984. The predicted molar refractivity (Wildman–Crippen MR) is 250 cm³/mol. The zero-order chi connectivity index (χ0) is 46.2. The average Bonchev–Trinajstić information content (AvgIpc) is 3.29. The van der Waals surface area contributed by atoms with E-state index in [0.29, 0.717) is 24.2 Å². The Kier molecular flexibility index (Phi) is 15.3. The van der Waals surface area contributed by atoms with Crippen LogP contribution in [0.5, 0.6) is 0 Å². The van der Waals surface area contributed by atoms with Gasteiger partial charge < -0.3 is 10.2 Å². The van der Waals surface area contributed by atoms with Gasteiger partial charge in [0.1, 0.15) is 0 Å². The zero-order valence-electron chi connectivity index (χ0n) is 35.2. The van der Waals surface area contributed by atoms with E-state index in [-0.39, 0.29) is 29.2 Å². The smallest absolute Gasteiger partial charge is 0.381 e. The summed E-state index contributed by atoms with van der Waals surface area (Å²) in [6.45, 7) is 5.21. The van der Waals surface area contributed by atoms with Gasteiger partial charge in [-0.15, -0.1) is 11.8 Å². The van der Waals surface area contributed by atoms with E-state index in [1.165, 1.54) is 41.6 Å². The summed E-state index contributed by atoms with van der Waals surface area (Å²) < 4.78 is 104. The number of hydrogen-bond acceptors (Lipinski definition) is 10. The normalized spacial score (nSPS) is 14.2. The number of sulfonamides is 1. The molecule has 6 aromatic carbocycles. The van der Waals surface area contributed by atoms with Gasteiger partial charge in [-0.05, 0) is 109 Å². The highest BCUT2D eigenvalue weighted by atomic mass is 35.5. The third-order valence-corrected chi connectivity index (χ3v) is 14.9. The lowest BCUT2D eigenvalue weighted by atomic mass is 9.99. The van der Waals surface area contributed by atoms with Gasteiger partial charge >= 0.3 is 6.18 Å². The quantitative estimate of drug-likeness (QED) is 0.0674. The van der Waals surface area contributed by atoms with Crippen LogP contribution in [-0.4, -0.2) is 72.2 Å². The molecule has 0 unspecified atom stereocenters. The van der Waals surface area contributed by atoms with Crippen molar-refractivity contribution in [2.24, 2.45) is 0 Å². The molecule has 65 heavy (non-hydrogen) atoms. The first kappa shape index (κ1) is 47.6. The van der Waals surface area contributed by atoms with Gasteiger partial charge in [-0.25, -0.2) is 13.1 Å². The van der Waals surface area contributed by atoms with Crippen LogP contribution in [0.2, 0.25) is 5.02 Å². The predicted octanol–water partition coefficient (Wildman–Crippen LogP) is 10.1. The molecule has 0 saturated carbocycles. The monoisotopic (exact) mass is 962 g/mol. The van der Waals surface area contributed by atoms with Crippen molar-refractivity contribution in [3.05, 3.63) is 173 Å². The molecule has 7 rings (SSSR count). The lowest BCUT2D eigenvalue weighted by molar-refractivity contribution is -0.137. The van der Waals surface area contributed by atoms with Crippen LogP contribution in [0.3, 0.4) is 0 Å². The van der Waals surface area contributed by atoms with Gasteiger partial charge in [-0.3, -0.25) is 13.9 Å². The molecule has 0 aromatic heterocycles. The summed E-state index contributed by atoms with van der Waals surface area (Å²) >= 11 is 7.45. The molecule has 0 bridgehead atoms. The van der Waals surface area contributed by atoms with Crippen molar-refractivity contribution < 1.29 is 39.0 Å². The highest BCUT2D eigenvalue weighted by Crippen LogP contribution is 2.37. The largest absolute Gasteiger partial charge is 0.418 e. The average molecular weight is 964 g/mol. The number of carbonyl (C=O) groups excluding carboxylic acids is 1. The number of hydrogen-bond donors (Lipinski definition) is 2. The second-order valence-corrected chi connectivity index (χ2v) is 20.3. The number of piperazine rings is 1. The molecule has 0 spiro atoms. The Morgan fingerprint density at radius 2 is 1.43 bits per heavy atom. The van der Waals surface area contributed by atoms with Gasteiger partial charge in [0, 0.05) is 71.4 Å². The van der Waals surface area contributed by atoms with Crippen LogP contribution >= 0.6 is 23.4 Å². The molecule has 6 aromatic rings. The summed E-state index contributed by atoms with van der Waals surface area (Å²) in [5, 5.41) is 3.53. The van der Waals surface area contributed by atoms with Gasteiger partial charge in [0.05, 0.1) is 22.0 Å². The number of alkyl halides is 3. The number of nitrogens with one attached hydrogen (secondary N) is 2. The summed E-state index contributed by atoms with van der Waals surface area (Å²) in [7, 11) is -8.91. The number of rotatable bonds is 17. The second-order valence-electron chi connectivity index (χ2n) is 15.5. The highest BCUT2D eigenvalue weighted by Gasteiger charge is 2.36. The van der Waals surface area contributed by atoms with Crippen LogP contribution in [0.1, 0.15) is 33.5 Å². The molecular weight excluding hydrogens is 917 g/mol. The van der Waals surface area contributed by atoms with Crippen molar-refractivity contribution in [3.63, 3.8) is 0 Å². The lowest BCUT2D eigenvalue weighted by Gasteiger charge is -2.36. The molecule has 1 saturated heterocycles. The zero-order valence-corrected chi connectivity index (χ0v) is 38.4. The minimum Gasteiger partial charge on any atom is -0.381 e. The van der Waals surface area contributed by atoms with Gasteiger partial charge in [-0.1, -0.05) is 83.9 Å². The van der Waals surface area contributed by atoms with Crippen LogP contribution in [0.15, 0.2) is 160 Å². The van der Waals surface area contributed by atoms with Crippen molar-refractivity contribution in [2.75, 3.05) is 48.8 Å². The SMILES string of the molecule is Cc1ccc(S(=O)(=O)OCC[C@H](CSc2ccccc2)Nc2ccc(S(=O)(=O)NC(=O)c3ccc(N4CCN(Cc5ccccc5-c5ccc(Cl)cc5)CC4)cc3)cc2C(F)(F)F)cc1. The van der Waals surface area contributed by atoms with Crippen molar-refractivity contribution >= 4 is 60.8 Å². The standard InChI is InChI=1S/C48H46ClF3N4O6S3/c1-34-11-21-42(22-12-34)65(60,61)62-30-25-39(33-63-41-8-3-2-4-9-41)53-46-24-23-43(31-45(46)48(50,51)52)64(58,59)54-47(57)36-15-19-40(20-16-36)56-28-26-55(27-29-56)32-37-7-5-6-10-44(37)35-13-17-38(49)18-14-35/h2-24,31,39,53H,25-30,32-33H2,1H3,(H,54,57)/t39-/m1/s1. The van der Waals surface area contributed by atoms with E-state index < -0.39 is 54.4 Å². The first-order chi connectivity index (χ1) is 31.0. The van der Waals surface area contributed by atoms with E-state index in [4.69, 9.17) is 15.8 Å². The topological polar surface area (TPSA) is 125 Å². The maximum atomic E-state index is 14.6. The second kappa shape index (κ2) is 20.9. The van der Waals surface area contributed by atoms with Gasteiger partial charge in [0.25, 0.3) is 26.0 Å². The van der Waals surface area contributed by atoms with Crippen LogP contribution in [0.4, 0.5) is 24.5 Å². The molecule has 1 amide bonds. The Bertz CT molecular complexity index is 2790. The molecule has 17 heteroatoms. The summed E-state index contributed by atoms with van der Waals surface area (Å²) in [5.41, 5.74) is 3.41. The molecular formula is C48H46ClF3N4O6S3. The molecule has 0 aliphatic carbocycles. The lowest BCUT2D eigenvalue weighted by Crippen LogP contribution is -2.46. The fraction of sp³-hybridized carbons (Fsp3) is 0.229. The van der Waals surface area contributed by atoms with Crippen LogP contribution in [0, 0.1) is 6.92 Å². The number of halogens is 4. The number of benzene rings is 6. The van der Waals surface area contributed by atoms with E-state index in [0.717, 1.165) is 59.0 Å². The van der Waals surface area contributed by atoms with Crippen molar-refractivity contribution in [1.29, 1.82) is 0 Å². The van der Waals surface area contributed by atoms with Gasteiger partial charge in [0.15, 0.2) is 0 Å². The van der Waals surface area contributed by atoms with Crippen molar-refractivity contribution in [3.8, 4) is 11.1 Å². The molecule has 10 nitrogen and oxygen atoms in total. The molecule has 0 radical (unpaired) electrons. The maximum absolute atomic E-state index is 14.6. The maximum Gasteiger partial charge on any atom is 0.418 e. The van der Waals surface area contributed by atoms with Gasteiger partial charge in [0.2, 0.25) is 0 Å². The van der Waals surface area contributed by atoms with E-state index in [2.05, 4.69) is 27.2 Å². The first-order valence-corrected chi connectivity index (χ1v) is 24.9. The summed E-state index contributed by atoms with van der Waals surface area (Å²) in [6.07, 6.45) is -5.03. The van der Waals surface area contributed by atoms with E-state index in [1.54, 1.807) is 31.2 Å². The number of aryl methyl sites for hydroxylation is 1. The fourth-order valence-electron chi connectivity index (χ4n) is 7.29. The van der Waals surface area contributed by atoms with Gasteiger partial charge in [-0.2, -0.15) is 21.6 Å². The number of nitrogens with zero attached hydrogens (tertiary/aromatic N) is 2.